The van der Waals surface area contributed by atoms with Crippen molar-refractivity contribution in [1.29, 1.82) is 0 Å². The van der Waals surface area contributed by atoms with Crippen molar-refractivity contribution in [2.24, 2.45) is 17.8 Å². The second kappa shape index (κ2) is 7.65. The predicted octanol–water partition coefficient (Wildman–Crippen LogP) is 5.60. The molecule has 7 nitrogen and oxygen atoms in total. The van der Waals surface area contributed by atoms with E-state index in [9.17, 15) is 0 Å². The van der Waals surface area contributed by atoms with Crippen LogP contribution in [0.15, 0.2) is 61.3 Å². The first-order chi connectivity index (χ1) is 16.8. The SMILES string of the molecule is C[C@@H]1C2CCC(CC2)[C@H]1Nc1nc(-c2c[nH]c3ncncc23)nc2c1ccn2-c1ccccc1. The topological polar surface area (TPSA) is 84.3 Å². The Bertz CT molecular complexity index is 1480. The summed E-state index contributed by atoms with van der Waals surface area (Å²) in [6, 6.07) is 12.9. The third kappa shape index (κ3) is 3.03. The summed E-state index contributed by atoms with van der Waals surface area (Å²) >= 11 is 0. The summed E-state index contributed by atoms with van der Waals surface area (Å²) in [5.41, 5.74) is 3.69. The van der Waals surface area contributed by atoms with Crippen LogP contribution in [0, 0.1) is 17.8 Å². The number of anilines is 1. The quantitative estimate of drug-likeness (QED) is 0.373. The number of aromatic amines is 1. The van der Waals surface area contributed by atoms with Crippen molar-refractivity contribution in [1.82, 2.24) is 29.5 Å². The molecule has 0 unspecified atom stereocenters. The maximum Gasteiger partial charge on any atom is 0.166 e. The molecule has 0 aliphatic heterocycles. The van der Waals surface area contributed by atoms with Crippen molar-refractivity contribution in [2.45, 2.75) is 38.6 Å². The Labute approximate surface area is 197 Å². The zero-order valence-corrected chi connectivity index (χ0v) is 19.1. The molecule has 4 aromatic heterocycles. The predicted molar refractivity (Wildman–Crippen MR) is 134 cm³/mol. The van der Waals surface area contributed by atoms with Gasteiger partial charge in [-0.1, -0.05) is 25.1 Å². The highest BCUT2D eigenvalue weighted by atomic mass is 15.1. The third-order valence-electron chi connectivity index (χ3n) is 8.11. The first-order valence-electron chi connectivity index (χ1n) is 12.2. The fraction of sp³-hybridized carbons (Fsp3) is 0.333. The lowest BCUT2D eigenvalue weighted by Gasteiger charge is -2.47. The molecule has 5 aromatic rings. The normalized spacial score (nSPS) is 24.1. The van der Waals surface area contributed by atoms with Gasteiger partial charge in [0.25, 0.3) is 0 Å². The van der Waals surface area contributed by atoms with Gasteiger partial charge in [0, 0.05) is 41.3 Å². The Morgan fingerprint density at radius 3 is 2.62 bits per heavy atom. The molecule has 2 atom stereocenters. The molecule has 0 saturated heterocycles. The van der Waals surface area contributed by atoms with E-state index >= 15 is 0 Å². The molecule has 0 radical (unpaired) electrons. The Morgan fingerprint density at radius 2 is 1.79 bits per heavy atom. The largest absolute Gasteiger partial charge is 0.366 e. The van der Waals surface area contributed by atoms with Crippen molar-refractivity contribution in [3.05, 3.63) is 61.3 Å². The van der Waals surface area contributed by atoms with E-state index in [0.717, 1.165) is 45.1 Å². The van der Waals surface area contributed by atoms with E-state index in [2.05, 4.69) is 68.3 Å². The summed E-state index contributed by atoms with van der Waals surface area (Å²) in [5.74, 6) is 3.79. The summed E-state index contributed by atoms with van der Waals surface area (Å²) in [6.07, 6.45) is 12.8. The zero-order valence-electron chi connectivity index (χ0n) is 19.1. The molecule has 4 heterocycles. The number of hydrogen-bond acceptors (Lipinski definition) is 5. The number of rotatable bonds is 4. The van der Waals surface area contributed by atoms with Crippen LogP contribution in [0.3, 0.4) is 0 Å². The van der Waals surface area contributed by atoms with Crippen molar-refractivity contribution < 1.29 is 0 Å². The number of fused-ring (bicyclic) bond motifs is 5. The van der Waals surface area contributed by atoms with Gasteiger partial charge in [0.1, 0.15) is 17.8 Å². The van der Waals surface area contributed by atoms with Crippen LogP contribution in [0.2, 0.25) is 0 Å². The summed E-state index contributed by atoms with van der Waals surface area (Å²) in [5, 5.41) is 5.89. The molecule has 170 valence electrons. The molecule has 8 rings (SSSR count). The van der Waals surface area contributed by atoms with Crippen molar-refractivity contribution in [2.75, 3.05) is 5.32 Å². The van der Waals surface area contributed by atoms with E-state index < -0.39 is 0 Å². The van der Waals surface area contributed by atoms with Gasteiger partial charge >= 0.3 is 0 Å². The van der Waals surface area contributed by atoms with Crippen molar-refractivity contribution in [3.63, 3.8) is 0 Å². The average molecular weight is 450 g/mol. The van der Waals surface area contributed by atoms with Crippen LogP contribution in [-0.2, 0) is 0 Å². The average Bonchev–Trinajstić information content (AvgIpc) is 3.51. The number of aromatic nitrogens is 6. The molecule has 3 fully saturated rings. The number of para-hydroxylation sites is 1. The first kappa shape index (κ1) is 19.7. The molecule has 7 heteroatoms. The molecule has 3 aliphatic rings. The fourth-order valence-corrected chi connectivity index (χ4v) is 6.25. The van der Waals surface area contributed by atoms with Gasteiger partial charge in [-0.15, -0.1) is 0 Å². The number of hydrogen-bond donors (Lipinski definition) is 2. The minimum Gasteiger partial charge on any atom is -0.366 e. The number of nitrogens with one attached hydrogen (secondary N) is 2. The van der Waals surface area contributed by atoms with Gasteiger partial charge in [-0.05, 0) is 61.6 Å². The molecule has 3 aliphatic carbocycles. The van der Waals surface area contributed by atoms with E-state index in [1.54, 1.807) is 6.33 Å². The van der Waals surface area contributed by atoms with Crippen molar-refractivity contribution in [3.8, 4) is 17.1 Å². The highest BCUT2D eigenvalue weighted by Gasteiger charge is 2.41. The number of H-pyrrole nitrogens is 1. The molecule has 3 saturated carbocycles. The first-order valence-corrected chi connectivity index (χ1v) is 12.2. The fourth-order valence-electron chi connectivity index (χ4n) is 6.25. The molecule has 34 heavy (non-hydrogen) atoms. The van der Waals surface area contributed by atoms with Crippen LogP contribution in [-0.4, -0.2) is 35.5 Å². The maximum atomic E-state index is 5.10. The van der Waals surface area contributed by atoms with Gasteiger partial charge in [0.05, 0.1) is 5.39 Å². The molecule has 0 amide bonds. The van der Waals surface area contributed by atoms with Gasteiger partial charge in [0.2, 0.25) is 0 Å². The van der Waals surface area contributed by atoms with Gasteiger partial charge in [0.15, 0.2) is 11.5 Å². The van der Waals surface area contributed by atoms with Gasteiger partial charge in [-0.3, -0.25) is 0 Å². The van der Waals surface area contributed by atoms with Crippen LogP contribution in [0.5, 0.6) is 0 Å². The van der Waals surface area contributed by atoms with E-state index in [0.29, 0.717) is 23.7 Å². The van der Waals surface area contributed by atoms with Crippen LogP contribution in [0.25, 0.3) is 39.1 Å². The van der Waals surface area contributed by atoms with Crippen LogP contribution < -0.4 is 5.32 Å². The lowest BCUT2D eigenvalue weighted by Crippen LogP contribution is -2.47. The Hall–Kier alpha value is -3.74. The smallest absolute Gasteiger partial charge is 0.166 e. The van der Waals surface area contributed by atoms with E-state index in [1.807, 2.05) is 18.5 Å². The van der Waals surface area contributed by atoms with Crippen molar-refractivity contribution >= 4 is 27.9 Å². The van der Waals surface area contributed by atoms with Gasteiger partial charge < -0.3 is 14.9 Å². The number of benzene rings is 1. The van der Waals surface area contributed by atoms with E-state index in [-0.39, 0.29) is 0 Å². The van der Waals surface area contributed by atoms with E-state index in [4.69, 9.17) is 9.97 Å². The molecule has 2 N–H and O–H groups in total. The second-order valence-corrected chi connectivity index (χ2v) is 9.85. The highest BCUT2D eigenvalue weighted by Crippen LogP contribution is 2.46. The van der Waals surface area contributed by atoms with Gasteiger partial charge in [-0.25, -0.2) is 19.9 Å². The standard InChI is InChI=1S/C27H27N7/c1-16-17-7-9-18(10-8-17)23(16)31-25-20-11-12-34(19-5-3-2-4-6-19)27(20)33-26(32-25)22-14-29-24-21(22)13-28-15-30-24/h2-6,11-18,23H,7-10H2,1H3,(H,28,29,30)(H,31,32,33)/t16-,17?,18?,23+/m1/s1. The second-order valence-electron chi connectivity index (χ2n) is 9.85. The molecule has 1 aromatic carbocycles. The van der Waals surface area contributed by atoms with Crippen LogP contribution in [0.1, 0.15) is 32.6 Å². The molecular weight excluding hydrogens is 422 g/mol. The summed E-state index contributed by atoms with van der Waals surface area (Å²) in [4.78, 5) is 22.0. The molecule has 0 spiro atoms. The minimum absolute atomic E-state index is 0.449. The minimum atomic E-state index is 0.449. The summed E-state index contributed by atoms with van der Waals surface area (Å²) in [6.45, 7) is 2.42. The Balaban J connectivity index is 1.41. The van der Waals surface area contributed by atoms with Crippen LogP contribution >= 0.6 is 0 Å². The lowest BCUT2D eigenvalue weighted by molar-refractivity contribution is 0.0929. The monoisotopic (exact) mass is 449 g/mol. The highest BCUT2D eigenvalue weighted by molar-refractivity contribution is 5.95. The van der Waals surface area contributed by atoms with Crippen LogP contribution in [0.4, 0.5) is 5.82 Å². The molecular formula is C27H27N7. The summed E-state index contributed by atoms with van der Waals surface area (Å²) in [7, 11) is 0. The van der Waals surface area contributed by atoms with E-state index in [1.165, 1.54) is 25.7 Å². The lowest BCUT2D eigenvalue weighted by atomic mass is 9.62. The Kier molecular flexibility index (Phi) is 4.43. The Morgan fingerprint density at radius 1 is 0.971 bits per heavy atom. The number of nitrogens with zero attached hydrogens (tertiary/aromatic N) is 5. The molecule has 2 bridgehead atoms. The van der Waals surface area contributed by atoms with Gasteiger partial charge in [-0.2, -0.15) is 0 Å². The third-order valence-corrected chi connectivity index (χ3v) is 8.11. The zero-order chi connectivity index (χ0) is 22.6. The summed E-state index contributed by atoms with van der Waals surface area (Å²) < 4.78 is 2.15. The maximum absolute atomic E-state index is 5.10.